The van der Waals surface area contributed by atoms with Gasteiger partial charge in [0, 0.05) is 12.6 Å². The number of nitrogens with one attached hydrogen (secondary N) is 2. The first-order valence-corrected chi connectivity index (χ1v) is 6.69. The van der Waals surface area contributed by atoms with Gasteiger partial charge in [-0.2, -0.15) is 0 Å². The van der Waals surface area contributed by atoms with Gasteiger partial charge in [0.2, 0.25) is 0 Å². The van der Waals surface area contributed by atoms with Gasteiger partial charge in [-0.05, 0) is 50.6 Å². The van der Waals surface area contributed by atoms with E-state index >= 15 is 0 Å². The minimum absolute atomic E-state index is 0.444. The predicted octanol–water partition coefficient (Wildman–Crippen LogP) is 2.21. The van der Waals surface area contributed by atoms with Crippen LogP contribution >= 0.6 is 0 Å². The zero-order valence-electron chi connectivity index (χ0n) is 11.0. The van der Waals surface area contributed by atoms with Gasteiger partial charge in [-0.1, -0.05) is 0 Å². The van der Waals surface area contributed by atoms with Crippen LogP contribution in [0, 0.1) is 6.92 Å². The number of aromatic nitrogens is 2. The molecule has 19 heavy (non-hydrogen) atoms. The van der Waals surface area contributed by atoms with Crippen LogP contribution in [0.1, 0.15) is 18.6 Å². The van der Waals surface area contributed by atoms with Gasteiger partial charge in [-0.25, -0.2) is 0 Å². The van der Waals surface area contributed by atoms with E-state index in [1.807, 2.05) is 31.2 Å². The molecule has 2 aromatic rings. The van der Waals surface area contributed by atoms with Crippen LogP contribution in [-0.2, 0) is 0 Å². The molecule has 3 heterocycles. The largest absolute Gasteiger partial charge is 0.460 e. The summed E-state index contributed by atoms with van der Waals surface area (Å²) in [6.07, 6.45) is 2.38. The molecule has 1 fully saturated rings. The lowest BCUT2D eigenvalue weighted by atomic mass is 10.1. The second-order valence-electron chi connectivity index (χ2n) is 4.90. The molecule has 100 valence electrons. The van der Waals surface area contributed by atoms with Crippen LogP contribution in [0.4, 0.5) is 5.82 Å². The number of hydrogen-bond acceptors (Lipinski definition) is 5. The molecule has 0 amide bonds. The minimum Gasteiger partial charge on any atom is -0.460 e. The minimum atomic E-state index is 0.444. The molecule has 1 aliphatic rings. The molecule has 0 bridgehead atoms. The smallest absolute Gasteiger partial charge is 0.154 e. The molecule has 3 rings (SSSR count). The highest BCUT2D eigenvalue weighted by Gasteiger charge is 2.13. The average Bonchev–Trinajstić information content (AvgIpc) is 2.87. The van der Waals surface area contributed by atoms with Crippen molar-refractivity contribution in [3.8, 4) is 11.5 Å². The maximum absolute atomic E-state index is 5.53. The molecule has 5 heteroatoms. The van der Waals surface area contributed by atoms with Crippen LogP contribution < -0.4 is 10.6 Å². The lowest BCUT2D eigenvalue weighted by Gasteiger charge is -2.23. The number of rotatable bonds is 3. The molecule has 1 unspecified atom stereocenters. The first-order valence-electron chi connectivity index (χ1n) is 6.69. The Morgan fingerprint density at radius 1 is 1.26 bits per heavy atom. The highest BCUT2D eigenvalue weighted by molar-refractivity contribution is 5.53. The summed E-state index contributed by atoms with van der Waals surface area (Å²) in [4.78, 5) is 0. The van der Waals surface area contributed by atoms with Crippen molar-refractivity contribution >= 4 is 5.82 Å². The van der Waals surface area contributed by atoms with Gasteiger partial charge < -0.3 is 15.1 Å². The first-order chi connectivity index (χ1) is 9.31. The molecular weight excluding hydrogens is 240 g/mol. The molecule has 1 aliphatic heterocycles. The Labute approximate surface area is 112 Å². The van der Waals surface area contributed by atoms with E-state index < -0.39 is 0 Å². The number of hydrogen-bond donors (Lipinski definition) is 2. The van der Waals surface area contributed by atoms with Crippen molar-refractivity contribution in [2.24, 2.45) is 0 Å². The average molecular weight is 258 g/mol. The molecule has 0 radical (unpaired) electrons. The van der Waals surface area contributed by atoms with E-state index in [9.17, 15) is 0 Å². The number of piperidine rings is 1. The standard InChI is InChI=1S/C14H18N4O/c1-10-4-6-13(19-10)12-5-7-14(18-17-12)16-11-3-2-8-15-9-11/h4-7,11,15H,2-3,8-9H2,1H3,(H,16,18). The van der Waals surface area contributed by atoms with Gasteiger partial charge in [0.25, 0.3) is 0 Å². The zero-order valence-corrected chi connectivity index (χ0v) is 11.0. The Balaban J connectivity index is 1.68. The van der Waals surface area contributed by atoms with Crippen molar-refractivity contribution < 1.29 is 4.42 Å². The highest BCUT2D eigenvalue weighted by atomic mass is 16.3. The molecule has 0 aromatic carbocycles. The van der Waals surface area contributed by atoms with Gasteiger partial charge in [0.15, 0.2) is 5.76 Å². The molecule has 0 saturated carbocycles. The van der Waals surface area contributed by atoms with Gasteiger partial charge in [-0.15, -0.1) is 10.2 Å². The van der Waals surface area contributed by atoms with E-state index in [0.29, 0.717) is 6.04 Å². The van der Waals surface area contributed by atoms with E-state index in [2.05, 4.69) is 20.8 Å². The fourth-order valence-electron chi connectivity index (χ4n) is 2.30. The lowest BCUT2D eigenvalue weighted by Crippen LogP contribution is -2.38. The third kappa shape index (κ3) is 2.93. The summed E-state index contributed by atoms with van der Waals surface area (Å²) in [6, 6.07) is 8.17. The van der Waals surface area contributed by atoms with Crippen LogP contribution in [-0.4, -0.2) is 29.3 Å². The second kappa shape index (κ2) is 5.40. The lowest BCUT2D eigenvalue weighted by molar-refractivity contribution is 0.478. The number of nitrogens with zero attached hydrogens (tertiary/aromatic N) is 2. The quantitative estimate of drug-likeness (QED) is 0.883. The first kappa shape index (κ1) is 12.2. The summed E-state index contributed by atoms with van der Waals surface area (Å²) in [5.74, 6) is 2.46. The SMILES string of the molecule is Cc1ccc(-c2ccc(NC3CCCNC3)nn2)o1. The van der Waals surface area contributed by atoms with Crippen LogP contribution in [0.5, 0.6) is 0 Å². The van der Waals surface area contributed by atoms with Crippen molar-refractivity contribution in [2.45, 2.75) is 25.8 Å². The summed E-state index contributed by atoms with van der Waals surface area (Å²) >= 11 is 0. The van der Waals surface area contributed by atoms with Crippen LogP contribution in [0.25, 0.3) is 11.5 Å². The third-order valence-corrected chi connectivity index (χ3v) is 3.31. The third-order valence-electron chi connectivity index (χ3n) is 3.31. The van der Waals surface area contributed by atoms with Crippen LogP contribution in [0.2, 0.25) is 0 Å². The molecule has 1 saturated heterocycles. The van der Waals surface area contributed by atoms with E-state index in [1.54, 1.807) is 0 Å². The highest BCUT2D eigenvalue weighted by Crippen LogP contribution is 2.20. The molecular formula is C14H18N4O. The Bertz CT molecular complexity index is 529. The molecule has 2 aromatic heterocycles. The predicted molar refractivity (Wildman–Crippen MR) is 74.0 cm³/mol. The van der Waals surface area contributed by atoms with Crippen molar-refractivity contribution in [1.29, 1.82) is 0 Å². The Morgan fingerprint density at radius 2 is 2.21 bits per heavy atom. The Hall–Kier alpha value is -1.88. The van der Waals surface area contributed by atoms with Crippen molar-refractivity contribution in [2.75, 3.05) is 18.4 Å². The Morgan fingerprint density at radius 3 is 2.84 bits per heavy atom. The second-order valence-corrected chi connectivity index (χ2v) is 4.90. The molecule has 0 spiro atoms. The summed E-state index contributed by atoms with van der Waals surface area (Å²) in [6.45, 7) is 4.02. The van der Waals surface area contributed by atoms with E-state index in [-0.39, 0.29) is 0 Å². The molecule has 1 atom stereocenters. The topological polar surface area (TPSA) is 63.0 Å². The van der Waals surface area contributed by atoms with Gasteiger partial charge in [-0.3, -0.25) is 0 Å². The summed E-state index contributed by atoms with van der Waals surface area (Å²) in [5, 5.41) is 15.2. The monoisotopic (exact) mass is 258 g/mol. The van der Waals surface area contributed by atoms with Gasteiger partial charge in [0.1, 0.15) is 17.3 Å². The maximum atomic E-state index is 5.53. The summed E-state index contributed by atoms with van der Waals surface area (Å²) in [5.41, 5.74) is 0.764. The van der Waals surface area contributed by atoms with Crippen molar-refractivity contribution in [3.63, 3.8) is 0 Å². The fourth-order valence-corrected chi connectivity index (χ4v) is 2.30. The van der Waals surface area contributed by atoms with Gasteiger partial charge in [0.05, 0.1) is 0 Å². The molecule has 0 aliphatic carbocycles. The number of aryl methyl sites for hydroxylation is 1. The zero-order chi connectivity index (χ0) is 13.1. The number of anilines is 1. The van der Waals surface area contributed by atoms with E-state index in [1.165, 1.54) is 12.8 Å². The Kier molecular flexibility index (Phi) is 3.46. The normalized spacial score (nSPS) is 19.3. The molecule has 5 nitrogen and oxygen atoms in total. The number of furan rings is 1. The maximum Gasteiger partial charge on any atom is 0.154 e. The fraction of sp³-hybridized carbons (Fsp3) is 0.429. The van der Waals surface area contributed by atoms with E-state index in [4.69, 9.17) is 4.42 Å². The van der Waals surface area contributed by atoms with E-state index in [0.717, 1.165) is 36.1 Å². The summed E-state index contributed by atoms with van der Waals surface area (Å²) < 4.78 is 5.53. The van der Waals surface area contributed by atoms with Crippen molar-refractivity contribution in [3.05, 3.63) is 30.0 Å². The van der Waals surface area contributed by atoms with Crippen LogP contribution in [0.15, 0.2) is 28.7 Å². The van der Waals surface area contributed by atoms with Gasteiger partial charge >= 0.3 is 0 Å². The summed E-state index contributed by atoms with van der Waals surface area (Å²) in [7, 11) is 0. The molecule has 2 N–H and O–H groups in total. The van der Waals surface area contributed by atoms with Crippen molar-refractivity contribution in [1.82, 2.24) is 15.5 Å². The van der Waals surface area contributed by atoms with Crippen LogP contribution in [0.3, 0.4) is 0 Å².